The van der Waals surface area contributed by atoms with Crippen LogP contribution in [0.2, 0.25) is 0 Å². The molecule has 0 aliphatic carbocycles. The molecule has 1 amide bonds. The van der Waals surface area contributed by atoms with E-state index >= 15 is 0 Å². The van der Waals surface area contributed by atoms with E-state index in [1.54, 1.807) is 29.4 Å². The largest absolute Gasteiger partial charge is 0.352 e. The van der Waals surface area contributed by atoms with Gasteiger partial charge in [-0.15, -0.1) is 0 Å². The molecule has 0 spiro atoms. The van der Waals surface area contributed by atoms with Gasteiger partial charge in [0.25, 0.3) is 0 Å². The average Bonchev–Trinajstić information content (AvgIpc) is 3.32. The molecule has 0 aliphatic heterocycles. The highest BCUT2D eigenvalue weighted by Crippen LogP contribution is 2.27. The Morgan fingerprint density at radius 3 is 2.20 bits per heavy atom. The number of hydrogen-bond donors (Lipinski definition) is 1. The first-order chi connectivity index (χ1) is 14.7. The second kappa shape index (κ2) is 9.18. The Morgan fingerprint density at radius 2 is 1.63 bits per heavy atom. The minimum atomic E-state index is -0.355. The molecule has 4 rings (SSSR count). The van der Waals surface area contributed by atoms with E-state index in [1.807, 2.05) is 66.7 Å². The van der Waals surface area contributed by atoms with Gasteiger partial charge in [-0.2, -0.15) is 0 Å². The predicted molar refractivity (Wildman–Crippen MR) is 115 cm³/mol. The lowest BCUT2D eigenvalue weighted by Gasteiger charge is -2.18. The summed E-state index contributed by atoms with van der Waals surface area (Å²) in [7, 11) is 0. The summed E-state index contributed by atoms with van der Waals surface area (Å²) >= 11 is 0. The number of nitrogens with zero attached hydrogens (tertiary/aromatic N) is 2. The number of imidazole rings is 1. The molecule has 0 unspecified atom stereocenters. The molecule has 3 aromatic carbocycles. The molecule has 0 saturated carbocycles. The third-order valence-corrected chi connectivity index (χ3v) is 5.08. The normalized spacial score (nSPS) is 10.9. The molecule has 5 heteroatoms. The molecule has 0 aliphatic rings. The fraction of sp³-hybridized carbons (Fsp3) is 0.120. The Bertz CT molecular complexity index is 1060. The van der Waals surface area contributed by atoms with Gasteiger partial charge in [0.1, 0.15) is 5.82 Å². The van der Waals surface area contributed by atoms with Crippen molar-refractivity contribution in [3.63, 3.8) is 0 Å². The molecule has 30 heavy (non-hydrogen) atoms. The summed E-state index contributed by atoms with van der Waals surface area (Å²) in [5.74, 6) is -0.467. The van der Waals surface area contributed by atoms with Crippen LogP contribution in [0.15, 0.2) is 97.6 Å². The van der Waals surface area contributed by atoms with Crippen molar-refractivity contribution in [1.82, 2.24) is 14.9 Å². The number of benzene rings is 3. The highest BCUT2D eigenvalue weighted by atomic mass is 19.1. The van der Waals surface area contributed by atoms with Crippen LogP contribution in [0, 0.1) is 5.82 Å². The van der Waals surface area contributed by atoms with Crippen LogP contribution >= 0.6 is 0 Å². The second-order valence-corrected chi connectivity index (χ2v) is 7.11. The highest BCUT2D eigenvalue weighted by molar-refractivity contribution is 5.77. The molecule has 4 aromatic rings. The van der Waals surface area contributed by atoms with Crippen LogP contribution in [0.3, 0.4) is 0 Å². The maximum absolute atomic E-state index is 14.4. The van der Waals surface area contributed by atoms with Crippen LogP contribution in [0.4, 0.5) is 4.39 Å². The molecule has 4 nitrogen and oxygen atoms in total. The highest BCUT2D eigenvalue weighted by Gasteiger charge is 2.18. The summed E-state index contributed by atoms with van der Waals surface area (Å²) in [4.78, 5) is 16.6. The summed E-state index contributed by atoms with van der Waals surface area (Å²) < 4.78 is 16.0. The summed E-state index contributed by atoms with van der Waals surface area (Å²) in [5, 5.41) is 2.93. The first kappa shape index (κ1) is 19.6. The first-order valence-corrected chi connectivity index (χ1v) is 9.84. The van der Waals surface area contributed by atoms with Crippen LogP contribution in [0.25, 0.3) is 5.69 Å². The fourth-order valence-corrected chi connectivity index (χ4v) is 3.53. The van der Waals surface area contributed by atoms with Gasteiger partial charge in [-0.3, -0.25) is 4.79 Å². The Hall–Kier alpha value is -3.73. The SMILES string of the molecule is O=C(CC(c1ccccc1)c1ccccc1)NCc1ccc(-n2ccnc2)c(F)c1. The molecule has 0 bridgehead atoms. The molecular weight excluding hydrogens is 377 g/mol. The maximum Gasteiger partial charge on any atom is 0.221 e. The van der Waals surface area contributed by atoms with E-state index in [0.717, 1.165) is 11.1 Å². The maximum atomic E-state index is 14.4. The van der Waals surface area contributed by atoms with Crippen molar-refractivity contribution in [2.24, 2.45) is 0 Å². The van der Waals surface area contributed by atoms with Gasteiger partial charge in [-0.25, -0.2) is 9.37 Å². The number of rotatable bonds is 7. The average molecular weight is 399 g/mol. The van der Waals surface area contributed by atoms with Crippen molar-refractivity contribution in [2.45, 2.75) is 18.9 Å². The summed E-state index contributed by atoms with van der Waals surface area (Å²) in [5.41, 5.74) is 3.32. The van der Waals surface area contributed by atoms with E-state index in [-0.39, 0.29) is 24.2 Å². The second-order valence-electron chi connectivity index (χ2n) is 7.11. The Balaban J connectivity index is 1.44. The van der Waals surface area contributed by atoms with Crippen LogP contribution in [-0.2, 0) is 11.3 Å². The van der Waals surface area contributed by atoms with E-state index in [4.69, 9.17) is 0 Å². The summed E-state index contributed by atoms with van der Waals surface area (Å²) in [6.07, 6.45) is 5.16. The predicted octanol–water partition coefficient (Wildman–Crippen LogP) is 4.85. The van der Waals surface area contributed by atoms with Gasteiger partial charge in [-0.05, 0) is 28.8 Å². The van der Waals surface area contributed by atoms with Gasteiger partial charge in [-0.1, -0.05) is 66.7 Å². The number of amides is 1. The minimum absolute atomic E-state index is 0.0345. The topological polar surface area (TPSA) is 46.9 Å². The molecule has 1 heterocycles. The monoisotopic (exact) mass is 399 g/mol. The van der Waals surface area contributed by atoms with E-state index < -0.39 is 0 Å². The Kier molecular flexibility index (Phi) is 5.99. The van der Waals surface area contributed by atoms with Crippen molar-refractivity contribution >= 4 is 5.91 Å². The van der Waals surface area contributed by atoms with Crippen LogP contribution in [0.1, 0.15) is 29.0 Å². The van der Waals surface area contributed by atoms with Gasteiger partial charge in [0.15, 0.2) is 0 Å². The Labute approximate surface area is 175 Å². The number of carbonyl (C=O) groups excluding carboxylic acids is 1. The van der Waals surface area contributed by atoms with Crippen molar-refractivity contribution in [3.05, 3.63) is 120 Å². The first-order valence-electron chi connectivity index (χ1n) is 9.84. The fourth-order valence-electron chi connectivity index (χ4n) is 3.53. The lowest BCUT2D eigenvalue weighted by Crippen LogP contribution is -2.25. The quantitative estimate of drug-likeness (QED) is 0.483. The number of hydrogen-bond acceptors (Lipinski definition) is 2. The molecule has 0 radical (unpaired) electrons. The van der Waals surface area contributed by atoms with Gasteiger partial charge in [0.05, 0.1) is 12.0 Å². The molecule has 0 fully saturated rings. The lowest BCUT2D eigenvalue weighted by atomic mass is 9.88. The van der Waals surface area contributed by atoms with Crippen molar-refractivity contribution in [3.8, 4) is 5.69 Å². The van der Waals surface area contributed by atoms with Crippen molar-refractivity contribution in [2.75, 3.05) is 0 Å². The van der Waals surface area contributed by atoms with Gasteiger partial charge in [0, 0.05) is 31.3 Å². The van der Waals surface area contributed by atoms with E-state index in [1.165, 1.54) is 6.07 Å². The zero-order chi connectivity index (χ0) is 20.8. The summed E-state index contributed by atoms with van der Waals surface area (Å²) in [6, 6.07) is 24.9. The summed E-state index contributed by atoms with van der Waals surface area (Å²) in [6.45, 7) is 0.274. The van der Waals surface area contributed by atoms with E-state index in [0.29, 0.717) is 17.7 Å². The molecule has 0 atom stereocenters. The van der Waals surface area contributed by atoms with Crippen LogP contribution in [-0.4, -0.2) is 15.5 Å². The van der Waals surface area contributed by atoms with Gasteiger partial charge in [0.2, 0.25) is 5.91 Å². The van der Waals surface area contributed by atoms with E-state index in [2.05, 4.69) is 10.3 Å². The molecule has 1 N–H and O–H groups in total. The molecule has 0 saturated heterocycles. The standard InChI is InChI=1S/C25H22FN3O/c26-23-15-19(11-12-24(23)29-14-13-27-18-29)17-28-25(30)16-22(20-7-3-1-4-8-20)21-9-5-2-6-10-21/h1-15,18,22H,16-17H2,(H,28,30). The number of aromatic nitrogens is 2. The smallest absolute Gasteiger partial charge is 0.221 e. The number of carbonyl (C=O) groups is 1. The van der Waals surface area contributed by atoms with E-state index in [9.17, 15) is 9.18 Å². The van der Waals surface area contributed by atoms with Gasteiger partial charge < -0.3 is 9.88 Å². The molecular formula is C25H22FN3O. The van der Waals surface area contributed by atoms with Gasteiger partial charge >= 0.3 is 0 Å². The molecule has 1 aromatic heterocycles. The lowest BCUT2D eigenvalue weighted by molar-refractivity contribution is -0.121. The van der Waals surface area contributed by atoms with Crippen molar-refractivity contribution < 1.29 is 9.18 Å². The third kappa shape index (κ3) is 4.63. The zero-order valence-corrected chi connectivity index (χ0v) is 16.4. The van der Waals surface area contributed by atoms with Crippen LogP contribution in [0.5, 0.6) is 0 Å². The van der Waals surface area contributed by atoms with Crippen LogP contribution < -0.4 is 5.32 Å². The zero-order valence-electron chi connectivity index (χ0n) is 16.4. The van der Waals surface area contributed by atoms with Crippen molar-refractivity contribution in [1.29, 1.82) is 0 Å². The Morgan fingerprint density at radius 1 is 0.967 bits per heavy atom. The minimum Gasteiger partial charge on any atom is -0.352 e. The number of nitrogens with one attached hydrogen (secondary N) is 1. The number of halogens is 1. The third-order valence-electron chi connectivity index (χ3n) is 5.08. The molecule has 150 valence electrons.